The molecule has 29 heavy (non-hydrogen) atoms. The monoisotopic (exact) mass is 400 g/mol. The molecule has 2 aliphatic heterocycles. The minimum atomic E-state index is 0.717. The van der Waals surface area contributed by atoms with Gasteiger partial charge >= 0.3 is 0 Å². The fourth-order valence-electron chi connectivity index (χ4n) is 4.95. The summed E-state index contributed by atoms with van der Waals surface area (Å²) in [6.07, 6.45) is 5.59. The highest BCUT2D eigenvalue weighted by Gasteiger charge is 2.35. The van der Waals surface area contributed by atoms with Crippen LogP contribution in [0.15, 0.2) is 29.3 Å². The molecule has 0 amide bonds. The average Bonchev–Trinajstić information content (AvgIpc) is 3.19. The molecule has 3 fully saturated rings. The molecule has 1 aliphatic carbocycles. The number of nitrogens with one attached hydrogen (secondary N) is 1. The minimum Gasteiger partial charge on any atom is -0.492 e. The third-order valence-corrected chi connectivity index (χ3v) is 6.62. The summed E-state index contributed by atoms with van der Waals surface area (Å²) in [6, 6.07) is 8.42. The first kappa shape index (κ1) is 20.5. The number of likely N-dealkylation sites (tertiary alicyclic amines) is 1. The molecule has 2 heterocycles. The first-order valence-electron chi connectivity index (χ1n) is 11.3. The van der Waals surface area contributed by atoms with Crippen molar-refractivity contribution in [3.63, 3.8) is 0 Å². The van der Waals surface area contributed by atoms with Crippen molar-refractivity contribution in [2.24, 2.45) is 16.8 Å². The Morgan fingerprint density at radius 1 is 1.17 bits per heavy atom. The molecule has 6 nitrogen and oxygen atoms in total. The van der Waals surface area contributed by atoms with Gasteiger partial charge in [0.1, 0.15) is 12.4 Å². The van der Waals surface area contributed by atoms with Crippen LogP contribution in [0, 0.1) is 11.8 Å². The third kappa shape index (κ3) is 5.64. The molecule has 0 bridgehead atoms. The van der Waals surface area contributed by atoms with Crippen molar-refractivity contribution in [2.45, 2.75) is 32.2 Å². The summed E-state index contributed by atoms with van der Waals surface area (Å²) in [5, 5.41) is 3.57. The molecular weight excluding hydrogens is 364 g/mol. The summed E-state index contributed by atoms with van der Waals surface area (Å²) in [5.41, 5.74) is 1.23. The van der Waals surface area contributed by atoms with E-state index in [9.17, 15) is 0 Å². The molecule has 2 unspecified atom stereocenters. The SMILES string of the molecule is CN=C(NCc1cccc(OCCN2CCOCC2)c1)N1CC2CCCCC2C1. The first-order valence-corrected chi connectivity index (χ1v) is 11.3. The number of fused-ring (bicyclic) bond motifs is 1. The maximum atomic E-state index is 6.00. The molecule has 0 radical (unpaired) electrons. The summed E-state index contributed by atoms with van der Waals surface area (Å²) >= 11 is 0. The van der Waals surface area contributed by atoms with Gasteiger partial charge in [-0.05, 0) is 42.4 Å². The second-order valence-electron chi connectivity index (χ2n) is 8.56. The van der Waals surface area contributed by atoms with Crippen molar-refractivity contribution in [1.82, 2.24) is 15.1 Å². The summed E-state index contributed by atoms with van der Waals surface area (Å²) in [7, 11) is 1.90. The molecule has 1 N–H and O–H groups in total. The summed E-state index contributed by atoms with van der Waals surface area (Å²) in [5.74, 6) is 3.72. The van der Waals surface area contributed by atoms with Crippen LogP contribution in [0.5, 0.6) is 5.75 Å². The van der Waals surface area contributed by atoms with Crippen molar-refractivity contribution < 1.29 is 9.47 Å². The number of hydrogen-bond donors (Lipinski definition) is 1. The van der Waals surface area contributed by atoms with Crippen molar-refractivity contribution in [2.75, 3.05) is 59.6 Å². The normalized spacial score (nSPS) is 25.7. The molecule has 3 aliphatic rings. The fourth-order valence-corrected chi connectivity index (χ4v) is 4.95. The number of nitrogens with zero attached hydrogens (tertiary/aromatic N) is 3. The van der Waals surface area contributed by atoms with Crippen molar-refractivity contribution in [1.29, 1.82) is 0 Å². The lowest BCUT2D eigenvalue weighted by Crippen LogP contribution is -2.39. The van der Waals surface area contributed by atoms with Crippen LogP contribution in [0.2, 0.25) is 0 Å². The standard InChI is InChI=1S/C23H36N4O2/c1-24-23(27-17-20-6-2-3-7-21(20)18-27)25-16-19-5-4-8-22(15-19)29-14-11-26-9-12-28-13-10-26/h4-5,8,15,20-21H,2-3,6-7,9-14,16-18H2,1H3,(H,24,25). The lowest BCUT2D eigenvalue weighted by Gasteiger charge is -2.26. The second kappa shape index (κ2) is 10.3. The molecule has 160 valence electrons. The second-order valence-corrected chi connectivity index (χ2v) is 8.56. The molecule has 1 aromatic carbocycles. The lowest BCUT2D eigenvalue weighted by atomic mass is 9.82. The molecule has 1 saturated carbocycles. The lowest BCUT2D eigenvalue weighted by molar-refractivity contribution is 0.0322. The zero-order valence-electron chi connectivity index (χ0n) is 17.8. The summed E-state index contributed by atoms with van der Waals surface area (Å²) in [6.45, 7) is 8.45. The van der Waals surface area contributed by atoms with E-state index in [1.165, 1.54) is 31.2 Å². The predicted molar refractivity (Wildman–Crippen MR) is 116 cm³/mol. The van der Waals surface area contributed by atoms with Crippen molar-refractivity contribution in [3.05, 3.63) is 29.8 Å². The Bertz CT molecular complexity index is 661. The van der Waals surface area contributed by atoms with Crippen molar-refractivity contribution in [3.8, 4) is 5.75 Å². The number of hydrogen-bond acceptors (Lipinski definition) is 4. The van der Waals surface area contributed by atoms with Crippen LogP contribution in [0.25, 0.3) is 0 Å². The van der Waals surface area contributed by atoms with Gasteiger partial charge in [-0.15, -0.1) is 0 Å². The van der Waals surface area contributed by atoms with Crippen LogP contribution in [0.4, 0.5) is 0 Å². The maximum absolute atomic E-state index is 6.00. The Morgan fingerprint density at radius 2 is 1.93 bits per heavy atom. The Balaban J connectivity index is 1.24. The number of rotatable bonds is 6. The Labute approximate surface area is 175 Å². The van der Waals surface area contributed by atoms with Gasteiger partial charge in [0.05, 0.1) is 13.2 Å². The van der Waals surface area contributed by atoms with E-state index in [1.807, 2.05) is 13.1 Å². The van der Waals surface area contributed by atoms with E-state index in [0.717, 1.165) is 82.6 Å². The van der Waals surface area contributed by atoms with Crippen LogP contribution in [0.3, 0.4) is 0 Å². The number of aliphatic imine (C=N–C) groups is 1. The molecule has 0 aromatic heterocycles. The topological polar surface area (TPSA) is 49.3 Å². The summed E-state index contributed by atoms with van der Waals surface area (Å²) in [4.78, 5) is 9.41. The van der Waals surface area contributed by atoms with Gasteiger partial charge in [0.2, 0.25) is 0 Å². The number of ether oxygens (including phenoxy) is 2. The highest BCUT2D eigenvalue weighted by molar-refractivity contribution is 5.80. The molecule has 0 spiro atoms. The first-order chi connectivity index (χ1) is 14.3. The van der Waals surface area contributed by atoms with E-state index < -0.39 is 0 Å². The Hall–Kier alpha value is -1.79. The van der Waals surface area contributed by atoms with Crippen LogP contribution < -0.4 is 10.1 Å². The molecule has 2 saturated heterocycles. The number of guanidine groups is 1. The van der Waals surface area contributed by atoms with Gasteiger partial charge in [0.15, 0.2) is 5.96 Å². The highest BCUT2D eigenvalue weighted by atomic mass is 16.5. The Morgan fingerprint density at radius 3 is 2.66 bits per heavy atom. The largest absolute Gasteiger partial charge is 0.492 e. The van der Waals surface area contributed by atoms with Crippen LogP contribution in [0.1, 0.15) is 31.2 Å². The molecular formula is C23H36N4O2. The predicted octanol–water partition coefficient (Wildman–Crippen LogP) is 2.59. The van der Waals surface area contributed by atoms with Crippen molar-refractivity contribution >= 4 is 5.96 Å². The molecule has 4 rings (SSSR count). The van der Waals surface area contributed by atoms with E-state index in [2.05, 4.69) is 38.3 Å². The van der Waals surface area contributed by atoms with Crippen LogP contribution in [-0.2, 0) is 11.3 Å². The van der Waals surface area contributed by atoms with E-state index in [0.29, 0.717) is 0 Å². The van der Waals surface area contributed by atoms with Gasteiger partial charge < -0.3 is 19.7 Å². The molecule has 6 heteroatoms. The van der Waals surface area contributed by atoms with Gasteiger partial charge in [-0.2, -0.15) is 0 Å². The van der Waals surface area contributed by atoms with Crippen LogP contribution >= 0.6 is 0 Å². The molecule has 2 atom stereocenters. The maximum Gasteiger partial charge on any atom is 0.193 e. The minimum absolute atomic E-state index is 0.717. The number of morpholine rings is 1. The average molecular weight is 401 g/mol. The zero-order valence-corrected chi connectivity index (χ0v) is 17.8. The molecule has 1 aromatic rings. The summed E-state index contributed by atoms with van der Waals surface area (Å²) < 4.78 is 11.4. The van der Waals surface area contributed by atoms with Crippen LogP contribution in [-0.4, -0.2) is 75.4 Å². The van der Waals surface area contributed by atoms with E-state index in [1.54, 1.807) is 0 Å². The third-order valence-electron chi connectivity index (χ3n) is 6.62. The van der Waals surface area contributed by atoms with E-state index in [4.69, 9.17) is 9.47 Å². The number of benzene rings is 1. The quantitative estimate of drug-likeness (QED) is 0.588. The zero-order chi connectivity index (χ0) is 19.9. The van der Waals surface area contributed by atoms with Gasteiger partial charge in [0.25, 0.3) is 0 Å². The van der Waals surface area contributed by atoms with Gasteiger partial charge in [-0.1, -0.05) is 25.0 Å². The highest BCUT2D eigenvalue weighted by Crippen LogP contribution is 2.35. The van der Waals surface area contributed by atoms with Gasteiger partial charge in [0, 0.05) is 46.3 Å². The fraction of sp³-hybridized carbons (Fsp3) is 0.696. The van der Waals surface area contributed by atoms with E-state index in [-0.39, 0.29) is 0 Å². The smallest absolute Gasteiger partial charge is 0.193 e. The Kier molecular flexibility index (Phi) is 7.28. The van der Waals surface area contributed by atoms with E-state index >= 15 is 0 Å². The van der Waals surface area contributed by atoms with Gasteiger partial charge in [-0.3, -0.25) is 9.89 Å². The van der Waals surface area contributed by atoms with Gasteiger partial charge in [-0.25, -0.2) is 0 Å².